The van der Waals surface area contributed by atoms with Crippen LogP contribution in [0, 0.1) is 5.92 Å². The van der Waals surface area contributed by atoms with E-state index in [0.717, 1.165) is 30.4 Å². The van der Waals surface area contributed by atoms with Crippen molar-refractivity contribution >= 4 is 0 Å². The molecule has 2 aliphatic rings. The van der Waals surface area contributed by atoms with Gasteiger partial charge in [-0.1, -0.05) is 12.1 Å². The molecule has 2 aromatic rings. The van der Waals surface area contributed by atoms with Crippen molar-refractivity contribution in [1.82, 2.24) is 14.9 Å². The van der Waals surface area contributed by atoms with Gasteiger partial charge in [-0.05, 0) is 25.0 Å². The van der Waals surface area contributed by atoms with E-state index in [1.807, 2.05) is 24.3 Å². The minimum Gasteiger partial charge on any atom is -0.481 e. The molecule has 0 unspecified atom stereocenters. The Kier molecular flexibility index (Phi) is 3.87. The lowest BCUT2D eigenvalue weighted by Gasteiger charge is -2.27. The first-order chi connectivity index (χ1) is 11.3. The summed E-state index contributed by atoms with van der Waals surface area (Å²) in [5, 5.41) is 0. The number of piperidine rings is 1. The Hall–Kier alpha value is -2.14. The smallest absolute Gasteiger partial charge is 0.217 e. The Morgan fingerprint density at radius 1 is 1.13 bits per heavy atom. The van der Waals surface area contributed by atoms with Crippen molar-refractivity contribution in [2.45, 2.75) is 31.5 Å². The van der Waals surface area contributed by atoms with Crippen LogP contribution in [0.4, 0.5) is 0 Å². The fraction of sp³-hybridized carbons (Fsp3) is 0.444. The zero-order valence-corrected chi connectivity index (χ0v) is 13.3. The van der Waals surface area contributed by atoms with Gasteiger partial charge >= 0.3 is 0 Å². The van der Waals surface area contributed by atoms with E-state index in [-0.39, 0.29) is 6.10 Å². The Morgan fingerprint density at radius 3 is 2.87 bits per heavy atom. The largest absolute Gasteiger partial charge is 0.481 e. The molecule has 2 bridgehead atoms. The number of rotatable bonds is 5. The number of hydrogen-bond acceptors (Lipinski definition) is 5. The standard InChI is InChI=1S/C18H21N3O2/c1-22-18-14(5-4-10-20-18)12-21-11-13-7-8-15(21)17(13)23-16-6-2-3-9-19-16/h2-6,9-10,13,15,17H,7-8,11-12H2,1H3/t13-,15+,17+/m1/s1. The second kappa shape index (κ2) is 6.16. The number of likely N-dealkylation sites (tertiary alicyclic amines) is 1. The number of hydrogen-bond donors (Lipinski definition) is 0. The van der Waals surface area contributed by atoms with E-state index in [0.29, 0.717) is 12.0 Å². The van der Waals surface area contributed by atoms with E-state index in [1.165, 1.54) is 12.8 Å². The van der Waals surface area contributed by atoms with Gasteiger partial charge in [0, 0.05) is 49.1 Å². The van der Waals surface area contributed by atoms with Crippen LogP contribution >= 0.6 is 0 Å². The number of pyridine rings is 2. The van der Waals surface area contributed by atoms with E-state index in [1.54, 1.807) is 19.5 Å². The Morgan fingerprint density at radius 2 is 2.04 bits per heavy atom. The molecule has 0 spiro atoms. The summed E-state index contributed by atoms with van der Waals surface area (Å²) in [4.78, 5) is 11.1. The highest BCUT2D eigenvalue weighted by Gasteiger charge is 2.48. The third kappa shape index (κ3) is 2.77. The van der Waals surface area contributed by atoms with E-state index in [4.69, 9.17) is 9.47 Å². The van der Waals surface area contributed by atoms with Gasteiger partial charge in [-0.3, -0.25) is 4.90 Å². The molecule has 4 rings (SSSR count). The molecule has 0 N–H and O–H groups in total. The normalized spacial score (nSPS) is 26.4. The van der Waals surface area contributed by atoms with Crippen molar-refractivity contribution < 1.29 is 9.47 Å². The summed E-state index contributed by atoms with van der Waals surface area (Å²) < 4.78 is 11.6. The van der Waals surface area contributed by atoms with Gasteiger partial charge in [0.2, 0.25) is 11.8 Å². The Balaban J connectivity index is 1.48. The molecule has 3 heterocycles. The quantitative estimate of drug-likeness (QED) is 0.849. The van der Waals surface area contributed by atoms with Gasteiger partial charge in [-0.15, -0.1) is 0 Å². The molecule has 2 fully saturated rings. The van der Waals surface area contributed by atoms with Gasteiger partial charge < -0.3 is 9.47 Å². The lowest BCUT2D eigenvalue weighted by atomic mass is 10.1. The van der Waals surface area contributed by atoms with Gasteiger partial charge in [0.25, 0.3) is 0 Å². The summed E-state index contributed by atoms with van der Waals surface area (Å²) in [6, 6.07) is 10.3. The van der Waals surface area contributed by atoms with Crippen LogP contribution in [0.3, 0.4) is 0 Å². The molecule has 0 aromatic carbocycles. The highest BCUT2D eigenvalue weighted by Crippen LogP contribution is 2.41. The van der Waals surface area contributed by atoms with Gasteiger partial charge in [0.1, 0.15) is 6.10 Å². The van der Waals surface area contributed by atoms with Gasteiger partial charge in [-0.25, -0.2) is 9.97 Å². The number of fused-ring (bicyclic) bond motifs is 2. The van der Waals surface area contributed by atoms with Crippen LogP contribution in [0.5, 0.6) is 11.8 Å². The molecule has 1 aliphatic heterocycles. The topological polar surface area (TPSA) is 47.5 Å². The molecule has 1 saturated heterocycles. The minimum absolute atomic E-state index is 0.243. The second-order valence-electron chi connectivity index (χ2n) is 6.26. The first-order valence-corrected chi connectivity index (χ1v) is 8.15. The maximum atomic E-state index is 6.19. The van der Waals surface area contributed by atoms with Crippen LogP contribution in [0.2, 0.25) is 0 Å². The molecule has 5 nitrogen and oxygen atoms in total. The van der Waals surface area contributed by atoms with Crippen molar-refractivity contribution in [1.29, 1.82) is 0 Å². The predicted octanol–water partition coefficient (Wildman–Crippen LogP) is 2.53. The summed E-state index contributed by atoms with van der Waals surface area (Å²) in [6.07, 6.45) is 6.22. The number of ether oxygens (including phenoxy) is 2. The molecule has 1 saturated carbocycles. The highest BCUT2D eigenvalue weighted by atomic mass is 16.5. The van der Waals surface area contributed by atoms with Crippen molar-refractivity contribution in [2.75, 3.05) is 13.7 Å². The first kappa shape index (κ1) is 14.5. The minimum atomic E-state index is 0.243. The first-order valence-electron chi connectivity index (χ1n) is 8.15. The van der Waals surface area contributed by atoms with E-state index < -0.39 is 0 Å². The molecule has 3 atom stereocenters. The number of nitrogens with zero attached hydrogens (tertiary/aromatic N) is 3. The fourth-order valence-electron chi connectivity index (χ4n) is 3.91. The summed E-state index contributed by atoms with van der Waals surface area (Å²) in [6.45, 7) is 1.93. The van der Waals surface area contributed by atoms with Crippen molar-refractivity contribution in [3.63, 3.8) is 0 Å². The zero-order valence-electron chi connectivity index (χ0n) is 13.3. The second-order valence-corrected chi connectivity index (χ2v) is 6.26. The SMILES string of the molecule is COc1ncccc1CN1C[C@H]2CC[C@H]1[C@H]2Oc1ccccn1. The van der Waals surface area contributed by atoms with E-state index in [2.05, 4.69) is 20.9 Å². The molecule has 0 amide bonds. The maximum Gasteiger partial charge on any atom is 0.217 e. The summed E-state index contributed by atoms with van der Waals surface area (Å²) in [5.41, 5.74) is 1.14. The zero-order chi connectivity index (χ0) is 15.6. The molecule has 2 aromatic heterocycles. The lowest BCUT2D eigenvalue weighted by Crippen LogP contribution is -2.36. The Labute approximate surface area is 136 Å². The van der Waals surface area contributed by atoms with Crippen molar-refractivity contribution in [2.24, 2.45) is 5.92 Å². The van der Waals surface area contributed by atoms with Crippen LogP contribution in [-0.4, -0.2) is 40.7 Å². The van der Waals surface area contributed by atoms with Crippen molar-refractivity contribution in [3.8, 4) is 11.8 Å². The monoisotopic (exact) mass is 311 g/mol. The summed E-state index contributed by atoms with van der Waals surface area (Å²) in [5.74, 6) is 2.04. The van der Waals surface area contributed by atoms with Gasteiger partial charge in [0.05, 0.1) is 7.11 Å². The van der Waals surface area contributed by atoms with Crippen LogP contribution in [0.15, 0.2) is 42.7 Å². The number of methoxy groups -OCH3 is 1. The average molecular weight is 311 g/mol. The van der Waals surface area contributed by atoms with E-state index >= 15 is 0 Å². The summed E-state index contributed by atoms with van der Waals surface area (Å²) >= 11 is 0. The average Bonchev–Trinajstić information content (AvgIpc) is 3.13. The van der Waals surface area contributed by atoms with Crippen molar-refractivity contribution in [3.05, 3.63) is 48.3 Å². The van der Waals surface area contributed by atoms with Crippen LogP contribution in [0.25, 0.3) is 0 Å². The molecule has 0 radical (unpaired) electrons. The van der Waals surface area contributed by atoms with Crippen LogP contribution in [-0.2, 0) is 6.54 Å². The molecular formula is C18H21N3O2. The maximum absolute atomic E-state index is 6.19. The number of aromatic nitrogens is 2. The molecule has 120 valence electrons. The third-order valence-electron chi connectivity index (χ3n) is 4.93. The molecular weight excluding hydrogens is 290 g/mol. The Bertz CT molecular complexity index is 664. The van der Waals surface area contributed by atoms with Crippen LogP contribution < -0.4 is 9.47 Å². The predicted molar refractivity (Wildman–Crippen MR) is 86.4 cm³/mol. The molecule has 1 aliphatic carbocycles. The van der Waals surface area contributed by atoms with Gasteiger partial charge in [-0.2, -0.15) is 0 Å². The van der Waals surface area contributed by atoms with Crippen LogP contribution in [0.1, 0.15) is 18.4 Å². The van der Waals surface area contributed by atoms with E-state index in [9.17, 15) is 0 Å². The summed E-state index contributed by atoms with van der Waals surface area (Å²) in [7, 11) is 1.68. The third-order valence-corrected chi connectivity index (χ3v) is 4.93. The fourth-order valence-corrected chi connectivity index (χ4v) is 3.91. The van der Waals surface area contributed by atoms with Gasteiger partial charge in [0.15, 0.2) is 0 Å². The molecule has 23 heavy (non-hydrogen) atoms. The highest BCUT2D eigenvalue weighted by molar-refractivity contribution is 5.26. The molecule has 5 heteroatoms. The lowest BCUT2D eigenvalue weighted by molar-refractivity contribution is 0.136.